The summed E-state index contributed by atoms with van der Waals surface area (Å²) in [5.74, 6) is 1.15. The first kappa shape index (κ1) is 13.0. The molecule has 0 fully saturated rings. The van der Waals surface area contributed by atoms with E-state index in [1.807, 2.05) is 19.1 Å². The standard InChI is InChI=1S/C14H23NO/c1-8(2)11-7-13(16)10(5)6-12(11)14(15)9(3)4/h6-9,14,16H,15H2,1-5H3. The molecule has 1 unspecified atom stereocenters. The summed E-state index contributed by atoms with van der Waals surface area (Å²) in [6.07, 6.45) is 0. The van der Waals surface area contributed by atoms with Gasteiger partial charge in [-0.3, -0.25) is 0 Å². The number of hydrogen-bond donors (Lipinski definition) is 2. The summed E-state index contributed by atoms with van der Waals surface area (Å²) < 4.78 is 0. The molecule has 2 heteroatoms. The molecule has 2 nitrogen and oxygen atoms in total. The number of benzene rings is 1. The highest BCUT2D eigenvalue weighted by Gasteiger charge is 2.18. The lowest BCUT2D eigenvalue weighted by molar-refractivity contribution is 0.466. The van der Waals surface area contributed by atoms with Crippen molar-refractivity contribution in [1.82, 2.24) is 0 Å². The molecule has 0 radical (unpaired) electrons. The zero-order valence-corrected chi connectivity index (χ0v) is 10.9. The van der Waals surface area contributed by atoms with Gasteiger partial charge in [-0.15, -0.1) is 0 Å². The minimum absolute atomic E-state index is 0.0386. The average Bonchev–Trinajstić information content (AvgIpc) is 2.19. The highest BCUT2D eigenvalue weighted by atomic mass is 16.3. The third-order valence-corrected chi connectivity index (χ3v) is 3.10. The first-order valence-electron chi connectivity index (χ1n) is 5.93. The minimum atomic E-state index is 0.0386. The fraction of sp³-hybridized carbons (Fsp3) is 0.571. The Balaban J connectivity index is 3.30. The van der Waals surface area contributed by atoms with Gasteiger partial charge in [0.2, 0.25) is 0 Å². The number of aromatic hydroxyl groups is 1. The second-order valence-electron chi connectivity index (χ2n) is 5.19. The van der Waals surface area contributed by atoms with Gasteiger partial charge in [-0.05, 0) is 41.5 Å². The Morgan fingerprint density at radius 2 is 1.62 bits per heavy atom. The average molecular weight is 221 g/mol. The van der Waals surface area contributed by atoms with Gasteiger partial charge in [-0.2, -0.15) is 0 Å². The van der Waals surface area contributed by atoms with Gasteiger partial charge in [0.15, 0.2) is 0 Å². The highest BCUT2D eigenvalue weighted by Crippen LogP contribution is 2.32. The van der Waals surface area contributed by atoms with Crippen LogP contribution >= 0.6 is 0 Å². The molecule has 90 valence electrons. The maximum Gasteiger partial charge on any atom is 0.118 e. The van der Waals surface area contributed by atoms with E-state index in [9.17, 15) is 5.11 Å². The van der Waals surface area contributed by atoms with Gasteiger partial charge in [0.1, 0.15) is 5.75 Å². The molecule has 0 bridgehead atoms. The van der Waals surface area contributed by atoms with Gasteiger partial charge in [-0.1, -0.05) is 33.8 Å². The molecular formula is C14H23NO. The van der Waals surface area contributed by atoms with Crippen LogP contribution in [0.15, 0.2) is 12.1 Å². The molecule has 0 aliphatic carbocycles. The van der Waals surface area contributed by atoms with Crippen molar-refractivity contribution in [3.63, 3.8) is 0 Å². The van der Waals surface area contributed by atoms with Gasteiger partial charge >= 0.3 is 0 Å². The molecule has 1 rings (SSSR count). The van der Waals surface area contributed by atoms with Gasteiger partial charge in [0, 0.05) is 6.04 Å². The molecule has 0 spiro atoms. The van der Waals surface area contributed by atoms with E-state index >= 15 is 0 Å². The Hall–Kier alpha value is -1.02. The zero-order chi connectivity index (χ0) is 12.5. The van der Waals surface area contributed by atoms with Crippen LogP contribution in [-0.2, 0) is 0 Å². The van der Waals surface area contributed by atoms with Crippen LogP contribution in [0.5, 0.6) is 5.75 Å². The van der Waals surface area contributed by atoms with E-state index in [1.165, 1.54) is 5.56 Å². The monoisotopic (exact) mass is 221 g/mol. The molecule has 0 amide bonds. The molecule has 1 atom stereocenters. The summed E-state index contributed by atoms with van der Waals surface area (Å²) in [6, 6.07) is 3.92. The first-order chi connectivity index (χ1) is 7.34. The second kappa shape index (κ2) is 4.88. The molecule has 0 heterocycles. The maximum atomic E-state index is 9.75. The Bertz CT molecular complexity index is 369. The number of hydrogen-bond acceptors (Lipinski definition) is 2. The predicted octanol–water partition coefficient (Wildman–Crippen LogP) is 3.48. The highest BCUT2D eigenvalue weighted by molar-refractivity contribution is 5.44. The minimum Gasteiger partial charge on any atom is -0.508 e. The Morgan fingerprint density at radius 3 is 2.06 bits per heavy atom. The quantitative estimate of drug-likeness (QED) is 0.820. The van der Waals surface area contributed by atoms with Crippen molar-refractivity contribution in [2.75, 3.05) is 0 Å². The van der Waals surface area contributed by atoms with E-state index in [2.05, 4.69) is 27.7 Å². The summed E-state index contributed by atoms with van der Waals surface area (Å²) in [6.45, 7) is 10.4. The van der Waals surface area contributed by atoms with Crippen molar-refractivity contribution in [1.29, 1.82) is 0 Å². The summed E-state index contributed by atoms with van der Waals surface area (Å²) in [5, 5.41) is 9.75. The SMILES string of the molecule is Cc1cc(C(N)C(C)C)c(C(C)C)cc1O. The molecule has 0 saturated carbocycles. The van der Waals surface area contributed by atoms with Crippen molar-refractivity contribution < 1.29 is 5.11 Å². The smallest absolute Gasteiger partial charge is 0.118 e. The summed E-state index contributed by atoms with van der Waals surface area (Å²) >= 11 is 0. The lowest BCUT2D eigenvalue weighted by Crippen LogP contribution is -2.19. The van der Waals surface area contributed by atoms with Crippen LogP contribution in [0.3, 0.4) is 0 Å². The summed E-state index contributed by atoms with van der Waals surface area (Å²) in [7, 11) is 0. The fourth-order valence-corrected chi connectivity index (χ4v) is 1.88. The van der Waals surface area contributed by atoms with Crippen LogP contribution in [0.25, 0.3) is 0 Å². The van der Waals surface area contributed by atoms with Crippen LogP contribution in [0.1, 0.15) is 56.3 Å². The van der Waals surface area contributed by atoms with E-state index in [-0.39, 0.29) is 6.04 Å². The topological polar surface area (TPSA) is 46.2 Å². The summed E-state index contributed by atoms with van der Waals surface area (Å²) in [5.41, 5.74) is 9.44. The van der Waals surface area contributed by atoms with Gasteiger partial charge in [0.05, 0.1) is 0 Å². The van der Waals surface area contributed by atoms with Gasteiger partial charge in [-0.25, -0.2) is 0 Å². The Labute approximate surface area is 98.5 Å². The fourth-order valence-electron chi connectivity index (χ4n) is 1.88. The van der Waals surface area contributed by atoms with Crippen LogP contribution < -0.4 is 5.73 Å². The molecule has 16 heavy (non-hydrogen) atoms. The summed E-state index contributed by atoms with van der Waals surface area (Å²) in [4.78, 5) is 0. The molecule has 0 saturated heterocycles. The molecular weight excluding hydrogens is 198 g/mol. The molecule has 0 aliphatic rings. The van der Waals surface area contributed by atoms with E-state index in [0.717, 1.165) is 11.1 Å². The first-order valence-corrected chi connectivity index (χ1v) is 5.93. The zero-order valence-electron chi connectivity index (χ0n) is 10.9. The van der Waals surface area contributed by atoms with Crippen LogP contribution in [0.2, 0.25) is 0 Å². The lowest BCUT2D eigenvalue weighted by Gasteiger charge is -2.22. The van der Waals surface area contributed by atoms with E-state index in [4.69, 9.17) is 5.73 Å². The largest absolute Gasteiger partial charge is 0.508 e. The normalized spacial score (nSPS) is 13.5. The van der Waals surface area contributed by atoms with Crippen molar-refractivity contribution in [3.05, 3.63) is 28.8 Å². The third kappa shape index (κ3) is 2.56. The number of aryl methyl sites for hydroxylation is 1. The molecule has 0 aliphatic heterocycles. The van der Waals surface area contributed by atoms with Crippen LogP contribution in [0.4, 0.5) is 0 Å². The molecule has 0 aromatic heterocycles. The van der Waals surface area contributed by atoms with Gasteiger partial charge in [0.25, 0.3) is 0 Å². The van der Waals surface area contributed by atoms with Crippen LogP contribution in [0, 0.1) is 12.8 Å². The lowest BCUT2D eigenvalue weighted by atomic mass is 9.87. The Kier molecular flexibility index (Phi) is 3.98. The molecule has 1 aromatic carbocycles. The second-order valence-corrected chi connectivity index (χ2v) is 5.19. The van der Waals surface area contributed by atoms with E-state index < -0.39 is 0 Å². The van der Waals surface area contributed by atoms with Crippen molar-refractivity contribution in [2.45, 2.75) is 46.6 Å². The maximum absolute atomic E-state index is 9.75. The molecule has 3 N–H and O–H groups in total. The van der Waals surface area contributed by atoms with Crippen LogP contribution in [-0.4, -0.2) is 5.11 Å². The Morgan fingerprint density at radius 1 is 1.06 bits per heavy atom. The van der Waals surface area contributed by atoms with Crippen molar-refractivity contribution in [3.8, 4) is 5.75 Å². The van der Waals surface area contributed by atoms with Crippen molar-refractivity contribution in [2.24, 2.45) is 11.7 Å². The van der Waals surface area contributed by atoms with E-state index in [0.29, 0.717) is 17.6 Å². The molecule has 1 aromatic rings. The third-order valence-electron chi connectivity index (χ3n) is 3.10. The number of rotatable bonds is 3. The van der Waals surface area contributed by atoms with E-state index in [1.54, 1.807) is 0 Å². The number of phenolic OH excluding ortho intramolecular Hbond substituents is 1. The van der Waals surface area contributed by atoms with Gasteiger partial charge < -0.3 is 10.8 Å². The number of nitrogens with two attached hydrogens (primary N) is 1. The van der Waals surface area contributed by atoms with Crippen molar-refractivity contribution >= 4 is 0 Å². The predicted molar refractivity (Wildman–Crippen MR) is 68.7 cm³/mol. The number of phenols is 1.